The minimum Gasteiger partial charge on any atom is -0.493 e. The molecule has 0 radical (unpaired) electrons. The van der Waals surface area contributed by atoms with Crippen LogP contribution in [0.5, 0.6) is 5.75 Å². The molecule has 5 nitrogen and oxygen atoms in total. The van der Waals surface area contributed by atoms with E-state index in [1.54, 1.807) is 6.92 Å². The molecule has 20 heavy (non-hydrogen) atoms. The van der Waals surface area contributed by atoms with Crippen molar-refractivity contribution in [1.82, 2.24) is 5.16 Å². The Bertz CT molecular complexity index is 704. The number of aromatic nitrogens is 1. The molecular formula is C15H13NO4. The Kier molecular flexibility index (Phi) is 2.36. The first-order valence-corrected chi connectivity index (χ1v) is 6.74. The van der Waals surface area contributed by atoms with Gasteiger partial charge in [-0.25, -0.2) is 4.79 Å². The SMILES string of the molecule is CCOC(=O)c1noc2c1C1CCOc3cccc-2c31. The lowest BCUT2D eigenvalue weighted by Gasteiger charge is -2.22. The monoisotopic (exact) mass is 271 g/mol. The van der Waals surface area contributed by atoms with Crippen LogP contribution in [0, 0.1) is 0 Å². The van der Waals surface area contributed by atoms with Gasteiger partial charge in [-0.05, 0) is 19.4 Å². The van der Waals surface area contributed by atoms with E-state index in [1.807, 2.05) is 18.2 Å². The summed E-state index contributed by atoms with van der Waals surface area (Å²) in [6.45, 7) is 2.74. The molecule has 0 N–H and O–H groups in total. The van der Waals surface area contributed by atoms with E-state index in [-0.39, 0.29) is 5.92 Å². The van der Waals surface area contributed by atoms with Gasteiger partial charge in [0.25, 0.3) is 0 Å². The van der Waals surface area contributed by atoms with Gasteiger partial charge in [-0.15, -0.1) is 0 Å². The van der Waals surface area contributed by atoms with Crippen molar-refractivity contribution in [1.29, 1.82) is 0 Å². The van der Waals surface area contributed by atoms with E-state index >= 15 is 0 Å². The Hall–Kier alpha value is -2.30. The molecule has 2 aromatic rings. The highest BCUT2D eigenvalue weighted by Crippen LogP contribution is 2.53. The Labute approximate surface area is 115 Å². The summed E-state index contributed by atoms with van der Waals surface area (Å²) >= 11 is 0. The third kappa shape index (κ3) is 1.37. The molecule has 2 aliphatic rings. The zero-order valence-corrected chi connectivity index (χ0v) is 11.0. The van der Waals surface area contributed by atoms with Crippen LogP contribution in [-0.2, 0) is 4.74 Å². The summed E-state index contributed by atoms with van der Waals surface area (Å²) in [6, 6.07) is 5.86. The van der Waals surface area contributed by atoms with Crippen molar-refractivity contribution in [3.05, 3.63) is 35.0 Å². The predicted octanol–water partition coefficient (Wildman–Crippen LogP) is 2.75. The predicted molar refractivity (Wildman–Crippen MR) is 69.9 cm³/mol. The molecule has 0 spiro atoms. The van der Waals surface area contributed by atoms with E-state index in [0.29, 0.717) is 24.7 Å². The number of ether oxygens (including phenoxy) is 2. The molecule has 1 unspecified atom stereocenters. The van der Waals surface area contributed by atoms with Crippen molar-refractivity contribution in [3.63, 3.8) is 0 Å². The molecule has 1 aliphatic carbocycles. The molecule has 0 fully saturated rings. The summed E-state index contributed by atoms with van der Waals surface area (Å²) in [6.07, 6.45) is 0.824. The van der Waals surface area contributed by atoms with Gasteiger partial charge in [0, 0.05) is 22.6 Å². The van der Waals surface area contributed by atoms with Crippen molar-refractivity contribution in [2.24, 2.45) is 0 Å². The molecule has 1 aliphatic heterocycles. The van der Waals surface area contributed by atoms with Crippen LogP contribution in [0.3, 0.4) is 0 Å². The molecule has 102 valence electrons. The second kappa shape index (κ2) is 4.10. The first-order chi connectivity index (χ1) is 9.81. The van der Waals surface area contributed by atoms with Crippen LogP contribution >= 0.6 is 0 Å². The molecule has 1 aromatic heterocycles. The Morgan fingerprint density at radius 3 is 3.20 bits per heavy atom. The third-order valence-electron chi connectivity index (χ3n) is 3.87. The summed E-state index contributed by atoms with van der Waals surface area (Å²) in [5, 5.41) is 3.92. The van der Waals surface area contributed by atoms with Crippen molar-refractivity contribution in [3.8, 4) is 17.1 Å². The number of carbonyl (C=O) groups is 1. The molecule has 4 rings (SSSR count). The van der Waals surface area contributed by atoms with E-state index in [2.05, 4.69) is 5.16 Å². The van der Waals surface area contributed by atoms with Gasteiger partial charge in [0.2, 0.25) is 0 Å². The largest absolute Gasteiger partial charge is 0.493 e. The van der Waals surface area contributed by atoms with Crippen LogP contribution < -0.4 is 4.74 Å². The summed E-state index contributed by atoms with van der Waals surface area (Å²) < 4.78 is 16.2. The molecule has 0 saturated carbocycles. The van der Waals surface area contributed by atoms with E-state index < -0.39 is 5.97 Å². The van der Waals surface area contributed by atoms with Crippen LogP contribution in [-0.4, -0.2) is 24.3 Å². The van der Waals surface area contributed by atoms with Crippen molar-refractivity contribution < 1.29 is 18.8 Å². The maximum absolute atomic E-state index is 12.0. The lowest BCUT2D eigenvalue weighted by atomic mass is 9.91. The molecule has 0 bridgehead atoms. The normalized spacial score (nSPS) is 18.1. The first-order valence-electron chi connectivity index (χ1n) is 6.74. The van der Waals surface area contributed by atoms with Crippen LogP contribution in [0.2, 0.25) is 0 Å². The summed E-state index contributed by atoms with van der Waals surface area (Å²) in [7, 11) is 0. The molecular weight excluding hydrogens is 258 g/mol. The van der Waals surface area contributed by atoms with Crippen LogP contribution in [0.15, 0.2) is 22.7 Å². The van der Waals surface area contributed by atoms with Crippen LogP contribution in [0.25, 0.3) is 11.3 Å². The maximum atomic E-state index is 12.0. The smallest absolute Gasteiger partial charge is 0.360 e. The van der Waals surface area contributed by atoms with Crippen LogP contribution in [0.4, 0.5) is 0 Å². The molecule has 0 amide bonds. The lowest BCUT2D eigenvalue weighted by Crippen LogP contribution is -2.15. The first kappa shape index (κ1) is 11.5. The van der Waals surface area contributed by atoms with Gasteiger partial charge in [-0.3, -0.25) is 0 Å². The minimum atomic E-state index is -0.418. The highest BCUT2D eigenvalue weighted by molar-refractivity contribution is 5.93. The number of hydrogen-bond donors (Lipinski definition) is 0. The number of rotatable bonds is 2. The number of nitrogens with zero attached hydrogens (tertiary/aromatic N) is 1. The molecule has 0 saturated heterocycles. The van der Waals surface area contributed by atoms with Gasteiger partial charge >= 0.3 is 5.97 Å². The van der Waals surface area contributed by atoms with Gasteiger partial charge in [-0.1, -0.05) is 17.3 Å². The van der Waals surface area contributed by atoms with Gasteiger partial charge in [0.05, 0.1) is 13.2 Å². The molecule has 1 aromatic carbocycles. The van der Waals surface area contributed by atoms with E-state index in [4.69, 9.17) is 14.0 Å². The highest BCUT2D eigenvalue weighted by atomic mass is 16.5. The Morgan fingerprint density at radius 2 is 2.35 bits per heavy atom. The second-order valence-corrected chi connectivity index (χ2v) is 4.90. The van der Waals surface area contributed by atoms with Gasteiger partial charge < -0.3 is 14.0 Å². The number of hydrogen-bond acceptors (Lipinski definition) is 5. The van der Waals surface area contributed by atoms with Gasteiger partial charge in [0.1, 0.15) is 5.75 Å². The quantitative estimate of drug-likeness (QED) is 0.786. The summed E-state index contributed by atoms with van der Waals surface area (Å²) in [5.74, 6) is 1.26. The van der Waals surface area contributed by atoms with E-state index in [1.165, 1.54) is 0 Å². The number of fused-ring (bicyclic) bond motifs is 3. The van der Waals surface area contributed by atoms with Gasteiger partial charge in [0.15, 0.2) is 11.5 Å². The fraction of sp³-hybridized carbons (Fsp3) is 0.333. The van der Waals surface area contributed by atoms with E-state index in [9.17, 15) is 4.79 Å². The van der Waals surface area contributed by atoms with Crippen LogP contribution in [0.1, 0.15) is 40.9 Å². The fourth-order valence-electron chi connectivity index (χ4n) is 3.11. The number of esters is 1. The molecule has 5 heteroatoms. The average Bonchev–Trinajstić information content (AvgIpc) is 3.02. The highest BCUT2D eigenvalue weighted by Gasteiger charge is 2.41. The van der Waals surface area contributed by atoms with Crippen molar-refractivity contribution in [2.75, 3.05) is 13.2 Å². The Balaban J connectivity index is 1.90. The minimum absolute atomic E-state index is 0.121. The summed E-state index contributed by atoms with van der Waals surface area (Å²) in [5.41, 5.74) is 3.25. The Morgan fingerprint density at radius 1 is 1.45 bits per heavy atom. The van der Waals surface area contributed by atoms with Gasteiger partial charge in [-0.2, -0.15) is 0 Å². The maximum Gasteiger partial charge on any atom is 0.360 e. The number of carbonyl (C=O) groups excluding carboxylic acids is 1. The zero-order valence-electron chi connectivity index (χ0n) is 11.0. The molecule has 1 atom stereocenters. The third-order valence-corrected chi connectivity index (χ3v) is 3.87. The number of benzene rings is 1. The van der Waals surface area contributed by atoms with E-state index in [0.717, 1.165) is 28.9 Å². The molecule has 2 heterocycles. The van der Waals surface area contributed by atoms with Crippen molar-refractivity contribution in [2.45, 2.75) is 19.3 Å². The fourth-order valence-corrected chi connectivity index (χ4v) is 3.11. The average molecular weight is 271 g/mol. The second-order valence-electron chi connectivity index (χ2n) is 4.90. The summed E-state index contributed by atoms with van der Waals surface area (Å²) in [4.78, 5) is 12.0. The van der Waals surface area contributed by atoms with Crippen molar-refractivity contribution >= 4 is 5.97 Å². The standard InChI is InChI=1S/C15H13NO4/c1-2-18-15(17)13-12-8-6-7-19-10-5-3-4-9(11(8)10)14(12)20-16-13/h3-5,8H,2,6-7H2,1H3. The lowest BCUT2D eigenvalue weighted by molar-refractivity contribution is 0.0513. The topological polar surface area (TPSA) is 61.6 Å². The zero-order chi connectivity index (χ0) is 13.7.